The van der Waals surface area contributed by atoms with Gasteiger partial charge in [0.05, 0.1) is 16.8 Å². The smallest absolute Gasteiger partial charge is 0.231 e. The van der Waals surface area contributed by atoms with Crippen LogP contribution in [0.25, 0.3) is 16.8 Å². The molecular weight excluding hydrogens is 322 g/mol. The quantitative estimate of drug-likeness (QED) is 0.485. The maximum Gasteiger partial charge on any atom is 0.231 e. The van der Waals surface area contributed by atoms with Crippen LogP contribution in [0.15, 0.2) is 29.4 Å². The van der Waals surface area contributed by atoms with E-state index in [2.05, 4.69) is 34.3 Å². The number of hydrogen-bond acceptors (Lipinski definition) is 4. The van der Waals surface area contributed by atoms with Crippen molar-refractivity contribution in [2.75, 3.05) is 5.75 Å². The fourth-order valence-corrected chi connectivity index (χ4v) is 3.53. The molecule has 24 heavy (non-hydrogen) atoms. The molecule has 0 saturated heterocycles. The maximum atomic E-state index is 12.1. The van der Waals surface area contributed by atoms with Crippen LogP contribution in [0, 0.1) is 0 Å². The standard InChI is InChI=1S/C17H23N5OS/c1-3-4-5-8-12(2)18-15(23)11-24-17-21-20-16-19-13-9-6-7-10-14(13)22(16)17/h6-7,9-10,12H,3-5,8,11H2,1-2H3,(H,18,23)(H,19,20). The first kappa shape index (κ1) is 16.8. The van der Waals surface area contributed by atoms with Crippen molar-refractivity contribution in [3.63, 3.8) is 0 Å². The van der Waals surface area contributed by atoms with Crippen LogP contribution in [0.3, 0.4) is 0 Å². The van der Waals surface area contributed by atoms with Gasteiger partial charge in [-0.15, -0.1) is 5.10 Å². The molecule has 0 bridgehead atoms. The Morgan fingerprint density at radius 3 is 3.04 bits per heavy atom. The molecule has 1 aromatic carbocycles. The molecule has 2 aromatic heterocycles. The fourth-order valence-electron chi connectivity index (χ4n) is 2.76. The van der Waals surface area contributed by atoms with Gasteiger partial charge in [0.15, 0.2) is 5.16 Å². The number of carbonyl (C=O) groups excluding carboxylic acids is 1. The third kappa shape index (κ3) is 3.72. The van der Waals surface area contributed by atoms with Gasteiger partial charge in [0.25, 0.3) is 0 Å². The minimum Gasteiger partial charge on any atom is -0.353 e. The molecule has 128 valence electrons. The van der Waals surface area contributed by atoms with E-state index < -0.39 is 0 Å². The summed E-state index contributed by atoms with van der Waals surface area (Å²) in [4.78, 5) is 16.6. The molecule has 0 spiro atoms. The van der Waals surface area contributed by atoms with Gasteiger partial charge in [0, 0.05) is 6.04 Å². The highest BCUT2D eigenvalue weighted by molar-refractivity contribution is 7.99. The molecule has 0 fully saturated rings. The SMILES string of the molecule is CCCCCC(C)NC(=O)CSc1n[nH]c2nc3ccccc3n12. The summed E-state index contributed by atoms with van der Waals surface area (Å²) in [6.07, 6.45) is 4.60. The normalized spacial score (nSPS) is 12.8. The molecule has 1 atom stereocenters. The Bertz CT molecular complexity index is 825. The number of aromatic nitrogens is 4. The van der Waals surface area contributed by atoms with Crippen LogP contribution in [-0.4, -0.2) is 37.3 Å². The van der Waals surface area contributed by atoms with Gasteiger partial charge in [0.1, 0.15) is 0 Å². The minimum atomic E-state index is 0.0459. The number of unbranched alkanes of at least 4 members (excludes halogenated alkanes) is 2. The number of benzene rings is 1. The maximum absolute atomic E-state index is 12.1. The Balaban J connectivity index is 1.60. The fraction of sp³-hybridized carbons (Fsp3) is 0.471. The van der Waals surface area contributed by atoms with Gasteiger partial charge in [-0.25, -0.2) is 10.1 Å². The van der Waals surface area contributed by atoms with Crippen LogP contribution in [0.4, 0.5) is 0 Å². The molecule has 6 nitrogen and oxygen atoms in total. The van der Waals surface area contributed by atoms with Gasteiger partial charge in [-0.05, 0) is 25.5 Å². The molecular formula is C17H23N5OS. The molecule has 0 aliphatic heterocycles. The number of nitrogens with one attached hydrogen (secondary N) is 2. The van der Waals surface area contributed by atoms with Crippen molar-refractivity contribution < 1.29 is 4.79 Å². The zero-order valence-corrected chi connectivity index (χ0v) is 14.9. The van der Waals surface area contributed by atoms with Gasteiger partial charge in [-0.2, -0.15) is 0 Å². The molecule has 0 saturated carbocycles. The van der Waals surface area contributed by atoms with Crippen LogP contribution in [0.2, 0.25) is 0 Å². The zero-order valence-electron chi connectivity index (χ0n) is 14.1. The first-order chi connectivity index (χ1) is 11.7. The Morgan fingerprint density at radius 2 is 2.21 bits per heavy atom. The van der Waals surface area contributed by atoms with Crippen molar-refractivity contribution in [1.29, 1.82) is 0 Å². The van der Waals surface area contributed by atoms with E-state index in [9.17, 15) is 4.79 Å². The summed E-state index contributed by atoms with van der Waals surface area (Å²) in [5.74, 6) is 1.10. The van der Waals surface area contributed by atoms with E-state index in [0.29, 0.717) is 11.5 Å². The lowest BCUT2D eigenvalue weighted by Crippen LogP contribution is -2.33. The Hall–Kier alpha value is -2.02. The Labute approximate surface area is 145 Å². The Kier molecular flexibility index (Phi) is 5.40. The average Bonchev–Trinajstić information content (AvgIpc) is 3.12. The summed E-state index contributed by atoms with van der Waals surface area (Å²) < 4.78 is 1.96. The van der Waals surface area contributed by atoms with Gasteiger partial charge in [0.2, 0.25) is 11.7 Å². The van der Waals surface area contributed by atoms with E-state index in [1.54, 1.807) is 0 Å². The number of amides is 1. The number of thioether (sulfide) groups is 1. The van der Waals surface area contributed by atoms with Crippen molar-refractivity contribution in [2.24, 2.45) is 0 Å². The van der Waals surface area contributed by atoms with E-state index in [0.717, 1.165) is 29.0 Å². The van der Waals surface area contributed by atoms with Crippen LogP contribution in [0.1, 0.15) is 39.5 Å². The highest BCUT2D eigenvalue weighted by Gasteiger charge is 2.14. The van der Waals surface area contributed by atoms with Crippen LogP contribution >= 0.6 is 11.8 Å². The van der Waals surface area contributed by atoms with E-state index >= 15 is 0 Å². The molecule has 3 aromatic rings. The molecule has 1 amide bonds. The largest absolute Gasteiger partial charge is 0.353 e. The number of H-pyrrole nitrogens is 1. The van der Waals surface area contributed by atoms with E-state index in [4.69, 9.17) is 0 Å². The van der Waals surface area contributed by atoms with E-state index in [-0.39, 0.29) is 11.9 Å². The van der Waals surface area contributed by atoms with Gasteiger partial charge in [-0.1, -0.05) is 50.1 Å². The summed E-state index contributed by atoms with van der Waals surface area (Å²) in [5.41, 5.74) is 1.92. The second-order valence-electron chi connectivity index (χ2n) is 6.02. The van der Waals surface area contributed by atoms with Crippen molar-refractivity contribution >= 4 is 34.5 Å². The lowest BCUT2D eigenvalue weighted by Gasteiger charge is -2.13. The van der Waals surface area contributed by atoms with Crippen molar-refractivity contribution in [2.45, 2.75) is 50.7 Å². The van der Waals surface area contributed by atoms with Crippen LogP contribution in [0.5, 0.6) is 0 Å². The highest BCUT2D eigenvalue weighted by atomic mass is 32.2. The second kappa shape index (κ2) is 7.70. The number of fused-ring (bicyclic) bond motifs is 3. The highest BCUT2D eigenvalue weighted by Crippen LogP contribution is 2.22. The summed E-state index contributed by atoms with van der Waals surface area (Å²) in [7, 11) is 0. The number of aromatic amines is 1. The molecule has 0 aliphatic rings. The molecule has 7 heteroatoms. The topological polar surface area (TPSA) is 75.1 Å². The second-order valence-corrected chi connectivity index (χ2v) is 6.96. The lowest BCUT2D eigenvalue weighted by atomic mass is 10.1. The van der Waals surface area contributed by atoms with Gasteiger partial charge in [-0.3, -0.25) is 9.20 Å². The first-order valence-corrected chi connectivity index (χ1v) is 9.41. The predicted molar refractivity (Wildman–Crippen MR) is 97.3 cm³/mol. The van der Waals surface area contributed by atoms with Crippen molar-refractivity contribution in [3.8, 4) is 0 Å². The number of nitrogens with zero attached hydrogens (tertiary/aromatic N) is 3. The van der Waals surface area contributed by atoms with Crippen LogP contribution < -0.4 is 5.32 Å². The third-order valence-corrected chi connectivity index (χ3v) is 4.92. The summed E-state index contributed by atoms with van der Waals surface area (Å²) in [5, 5.41) is 11.0. The number of rotatable bonds is 8. The molecule has 2 heterocycles. The summed E-state index contributed by atoms with van der Waals surface area (Å²) in [6, 6.07) is 8.13. The predicted octanol–water partition coefficient (Wildman–Crippen LogP) is 3.39. The number of imidazole rings is 1. The first-order valence-electron chi connectivity index (χ1n) is 8.42. The molecule has 2 N–H and O–H groups in total. The van der Waals surface area contributed by atoms with Gasteiger partial charge >= 0.3 is 0 Å². The Morgan fingerprint density at radius 1 is 1.38 bits per heavy atom. The van der Waals surface area contributed by atoms with Crippen molar-refractivity contribution in [3.05, 3.63) is 24.3 Å². The molecule has 3 rings (SSSR count). The number of para-hydroxylation sites is 2. The minimum absolute atomic E-state index is 0.0459. The van der Waals surface area contributed by atoms with Crippen LogP contribution in [-0.2, 0) is 4.79 Å². The van der Waals surface area contributed by atoms with Gasteiger partial charge < -0.3 is 5.32 Å². The third-order valence-electron chi connectivity index (χ3n) is 3.98. The van der Waals surface area contributed by atoms with Crippen molar-refractivity contribution in [1.82, 2.24) is 24.9 Å². The molecule has 0 radical (unpaired) electrons. The average molecular weight is 345 g/mol. The molecule has 1 unspecified atom stereocenters. The van der Waals surface area contributed by atoms with E-state index in [1.165, 1.54) is 24.6 Å². The summed E-state index contributed by atoms with van der Waals surface area (Å²) in [6.45, 7) is 4.25. The monoisotopic (exact) mass is 345 g/mol. The summed E-state index contributed by atoms with van der Waals surface area (Å²) >= 11 is 1.42. The number of hydrogen-bond donors (Lipinski definition) is 2. The zero-order chi connectivity index (χ0) is 16.9. The number of carbonyl (C=O) groups is 1. The lowest BCUT2D eigenvalue weighted by molar-refractivity contribution is -0.119. The van der Waals surface area contributed by atoms with E-state index in [1.807, 2.05) is 28.7 Å². The molecule has 0 aliphatic carbocycles.